The van der Waals surface area contributed by atoms with Crippen LogP contribution in [-0.4, -0.2) is 54.8 Å². The van der Waals surface area contributed by atoms with Crippen molar-refractivity contribution in [1.29, 1.82) is 0 Å². The van der Waals surface area contributed by atoms with Gasteiger partial charge in [0.25, 0.3) is 10.0 Å². The predicted molar refractivity (Wildman–Crippen MR) is 146 cm³/mol. The first-order valence-electron chi connectivity index (χ1n) is 12.5. The SMILES string of the molecule is COc1ccc(-c2ccc3c(c2)CCC(CNCC(O)c2cccnc2)O3)cc1S(=O)(=O)Nc1ncccn1. The molecule has 2 aromatic carbocycles. The summed E-state index contributed by atoms with van der Waals surface area (Å²) in [5.74, 6) is 0.993. The molecule has 0 fully saturated rings. The molecule has 1 aliphatic rings. The quantitative estimate of drug-likeness (QED) is 0.273. The predicted octanol–water partition coefficient (Wildman–Crippen LogP) is 3.36. The molecule has 2 unspecified atom stereocenters. The van der Waals surface area contributed by atoms with Crippen molar-refractivity contribution in [3.05, 3.63) is 90.5 Å². The number of hydrogen-bond donors (Lipinski definition) is 3. The average molecular weight is 548 g/mol. The Morgan fingerprint density at radius 3 is 2.64 bits per heavy atom. The van der Waals surface area contributed by atoms with Crippen LogP contribution in [0, 0.1) is 0 Å². The van der Waals surface area contributed by atoms with Gasteiger partial charge in [0.15, 0.2) is 0 Å². The van der Waals surface area contributed by atoms with E-state index in [9.17, 15) is 13.5 Å². The summed E-state index contributed by atoms with van der Waals surface area (Å²) in [4.78, 5) is 11.9. The monoisotopic (exact) mass is 547 g/mol. The van der Waals surface area contributed by atoms with Gasteiger partial charge in [-0.25, -0.2) is 23.1 Å². The van der Waals surface area contributed by atoms with Crippen molar-refractivity contribution < 1.29 is 23.0 Å². The van der Waals surface area contributed by atoms with Crippen molar-refractivity contribution in [3.63, 3.8) is 0 Å². The molecule has 0 saturated heterocycles. The van der Waals surface area contributed by atoms with E-state index in [2.05, 4.69) is 25.0 Å². The molecule has 2 atom stereocenters. The number of sulfonamides is 1. The number of fused-ring (bicyclic) bond motifs is 1. The molecule has 0 saturated carbocycles. The maximum Gasteiger partial charge on any atom is 0.267 e. The molecule has 3 heterocycles. The highest BCUT2D eigenvalue weighted by Gasteiger charge is 2.23. The van der Waals surface area contributed by atoms with E-state index in [-0.39, 0.29) is 22.7 Å². The van der Waals surface area contributed by atoms with E-state index in [1.165, 1.54) is 19.5 Å². The van der Waals surface area contributed by atoms with E-state index in [0.29, 0.717) is 13.1 Å². The lowest BCUT2D eigenvalue weighted by Crippen LogP contribution is -2.36. The molecule has 0 aliphatic carbocycles. The molecule has 10 nitrogen and oxygen atoms in total. The van der Waals surface area contributed by atoms with E-state index in [4.69, 9.17) is 9.47 Å². The first-order valence-corrected chi connectivity index (χ1v) is 14.0. The first-order chi connectivity index (χ1) is 18.9. The third kappa shape index (κ3) is 6.33. The minimum atomic E-state index is -4.00. The minimum Gasteiger partial charge on any atom is -0.495 e. The normalized spacial score (nSPS) is 15.6. The van der Waals surface area contributed by atoms with Crippen molar-refractivity contribution in [3.8, 4) is 22.6 Å². The number of nitrogens with one attached hydrogen (secondary N) is 2. The topological polar surface area (TPSA) is 136 Å². The number of methoxy groups -OCH3 is 1. The first kappa shape index (κ1) is 26.5. The number of aliphatic hydroxyl groups is 1. The second-order valence-corrected chi connectivity index (χ2v) is 10.8. The summed E-state index contributed by atoms with van der Waals surface area (Å²) in [5.41, 5.74) is 3.41. The number of aliphatic hydroxyl groups excluding tert-OH is 1. The van der Waals surface area contributed by atoms with Gasteiger partial charge < -0.3 is 19.9 Å². The number of anilines is 1. The zero-order valence-corrected chi connectivity index (χ0v) is 22.1. The van der Waals surface area contributed by atoms with Crippen molar-refractivity contribution >= 4 is 16.0 Å². The number of ether oxygens (including phenoxy) is 2. The fraction of sp³-hybridized carbons (Fsp3) is 0.250. The largest absolute Gasteiger partial charge is 0.495 e. The molecule has 0 spiro atoms. The maximum atomic E-state index is 13.1. The molecule has 202 valence electrons. The number of rotatable bonds is 10. The summed E-state index contributed by atoms with van der Waals surface area (Å²) in [6, 6.07) is 16.1. The molecule has 0 amide bonds. The summed E-state index contributed by atoms with van der Waals surface area (Å²) in [6.45, 7) is 1.02. The number of pyridine rings is 1. The molecule has 3 N–H and O–H groups in total. The lowest BCUT2D eigenvalue weighted by Gasteiger charge is -2.27. The molecule has 39 heavy (non-hydrogen) atoms. The molecule has 0 radical (unpaired) electrons. The van der Waals surface area contributed by atoms with E-state index in [0.717, 1.165) is 40.8 Å². The Balaban J connectivity index is 1.27. The van der Waals surface area contributed by atoms with Crippen LogP contribution in [-0.2, 0) is 16.4 Å². The molecule has 5 rings (SSSR count). The summed E-state index contributed by atoms with van der Waals surface area (Å²) >= 11 is 0. The second-order valence-electron chi connectivity index (χ2n) is 9.10. The number of benzene rings is 2. The van der Waals surface area contributed by atoms with Crippen LogP contribution in [0.4, 0.5) is 5.95 Å². The van der Waals surface area contributed by atoms with Crippen molar-refractivity contribution in [2.24, 2.45) is 0 Å². The highest BCUT2D eigenvalue weighted by atomic mass is 32.2. The molecule has 1 aliphatic heterocycles. The third-order valence-electron chi connectivity index (χ3n) is 6.45. The van der Waals surface area contributed by atoms with Gasteiger partial charge in [0.1, 0.15) is 22.5 Å². The zero-order chi connectivity index (χ0) is 27.2. The fourth-order valence-corrected chi connectivity index (χ4v) is 5.59. The highest BCUT2D eigenvalue weighted by Crippen LogP contribution is 2.35. The van der Waals surface area contributed by atoms with Crippen LogP contribution in [0.25, 0.3) is 11.1 Å². The average Bonchev–Trinajstić information content (AvgIpc) is 2.97. The van der Waals surface area contributed by atoms with Gasteiger partial charge in [0.05, 0.1) is 13.2 Å². The maximum absolute atomic E-state index is 13.1. The van der Waals surface area contributed by atoms with Gasteiger partial charge >= 0.3 is 0 Å². The Bertz CT molecular complexity index is 1520. The highest BCUT2D eigenvalue weighted by molar-refractivity contribution is 7.92. The van der Waals surface area contributed by atoms with Gasteiger partial charge in [-0.15, -0.1) is 0 Å². The van der Waals surface area contributed by atoms with Crippen LogP contribution in [0.2, 0.25) is 0 Å². The molecule has 4 aromatic rings. The Morgan fingerprint density at radius 2 is 1.87 bits per heavy atom. The molecule has 11 heteroatoms. The van der Waals surface area contributed by atoms with E-state index in [1.807, 2.05) is 30.3 Å². The Kier molecular flexibility index (Phi) is 8.01. The van der Waals surface area contributed by atoms with E-state index in [1.54, 1.807) is 36.7 Å². The van der Waals surface area contributed by atoms with E-state index < -0.39 is 16.1 Å². The minimum absolute atomic E-state index is 0.0106. The van der Waals surface area contributed by atoms with Crippen LogP contribution in [0.5, 0.6) is 11.5 Å². The van der Waals surface area contributed by atoms with Crippen LogP contribution >= 0.6 is 0 Å². The van der Waals surface area contributed by atoms with Crippen LogP contribution < -0.4 is 19.5 Å². The van der Waals surface area contributed by atoms with Gasteiger partial charge in [-0.1, -0.05) is 18.2 Å². The van der Waals surface area contributed by atoms with Gasteiger partial charge in [0, 0.05) is 43.4 Å². The summed E-state index contributed by atoms with van der Waals surface area (Å²) in [7, 11) is -2.57. The van der Waals surface area contributed by atoms with Crippen LogP contribution in [0.3, 0.4) is 0 Å². The number of aryl methyl sites for hydroxylation is 1. The van der Waals surface area contributed by atoms with Gasteiger partial charge in [0.2, 0.25) is 5.95 Å². The lowest BCUT2D eigenvalue weighted by atomic mass is 9.97. The standard InChI is InChI=1S/C28H29N5O5S/c1-37-26-10-7-20(15-27(26)39(35,36)33-28-31-12-3-13-32-28)19-6-9-25-21(14-19)5-8-23(38-25)17-30-18-24(34)22-4-2-11-29-16-22/h2-4,6-7,9-16,23-24,30,34H,5,8,17-18H2,1H3,(H,31,32,33). The smallest absolute Gasteiger partial charge is 0.267 e. The van der Waals surface area contributed by atoms with Crippen molar-refractivity contribution in [1.82, 2.24) is 20.3 Å². The number of nitrogens with zero attached hydrogens (tertiary/aromatic N) is 3. The van der Waals surface area contributed by atoms with Crippen molar-refractivity contribution in [2.75, 3.05) is 24.9 Å². The Morgan fingerprint density at radius 1 is 1.08 bits per heavy atom. The zero-order valence-electron chi connectivity index (χ0n) is 21.3. The Hall–Kier alpha value is -4.06. The summed E-state index contributed by atoms with van der Waals surface area (Å²) < 4.78 is 40.2. The fourth-order valence-electron chi connectivity index (χ4n) is 4.43. The van der Waals surface area contributed by atoms with Crippen LogP contribution in [0.1, 0.15) is 23.7 Å². The summed E-state index contributed by atoms with van der Waals surface area (Å²) in [5, 5.41) is 13.6. The van der Waals surface area contributed by atoms with Gasteiger partial charge in [-0.05, 0) is 65.9 Å². The number of aromatic nitrogens is 3. The molecular weight excluding hydrogens is 518 g/mol. The van der Waals surface area contributed by atoms with Gasteiger partial charge in [-0.3, -0.25) is 4.98 Å². The summed E-state index contributed by atoms with van der Waals surface area (Å²) in [6.07, 6.45) is 7.23. The second kappa shape index (κ2) is 11.8. The van der Waals surface area contributed by atoms with Crippen LogP contribution in [0.15, 0.2) is 84.3 Å². The molecular formula is C28H29N5O5S. The molecule has 2 aromatic heterocycles. The molecule has 0 bridgehead atoms. The van der Waals surface area contributed by atoms with Gasteiger partial charge in [-0.2, -0.15) is 0 Å². The van der Waals surface area contributed by atoms with E-state index >= 15 is 0 Å². The lowest BCUT2D eigenvalue weighted by molar-refractivity contribution is 0.146. The Labute approximate surface area is 227 Å². The van der Waals surface area contributed by atoms with Crippen molar-refractivity contribution in [2.45, 2.75) is 29.9 Å². The number of hydrogen-bond acceptors (Lipinski definition) is 9. The third-order valence-corrected chi connectivity index (χ3v) is 7.80.